The van der Waals surface area contributed by atoms with Crippen molar-refractivity contribution in [3.8, 4) is 5.75 Å². The molecule has 1 amide bonds. The first-order chi connectivity index (χ1) is 15.7. The average molecular weight is 486 g/mol. The second-order valence-electron chi connectivity index (χ2n) is 6.69. The number of benzene rings is 2. The predicted molar refractivity (Wildman–Crippen MR) is 132 cm³/mol. The molecule has 0 saturated heterocycles. The largest absolute Gasteiger partial charge is 1.00 e. The maximum atomic E-state index is 14.0. The van der Waals surface area contributed by atoms with Crippen LogP contribution < -0.4 is 51.4 Å². The minimum absolute atomic E-state index is 0. The van der Waals surface area contributed by atoms with Crippen molar-refractivity contribution in [1.29, 1.82) is 0 Å². The van der Waals surface area contributed by atoms with Crippen LogP contribution in [0.25, 0.3) is 10.9 Å². The number of rotatable bonds is 8. The predicted octanol–water partition coefficient (Wildman–Crippen LogP) is 3.66. The summed E-state index contributed by atoms with van der Waals surface area (Å²) in [5.74, 6) is -1.71. The van der Waals surface area contributed by atoms with Gasteiger partial charge < -0.3 is 20.0 Å². The van der Waals surface area contributed by atoms with Gasteiger partial charge in [-0.25, -0.2) is 4.39 Å². The summed E-state index contributed by atoms with van der Waals surface area (Å²) < 4.78 is 14.0. The first-order valence-electron chi connectivity index (χ1n) is 10.1. The Balaban J connectivity index is 0.00000104. The number of ketones is 1. The van der Waals surface area contributed by atoms with Gasteiger partial charge in [-0.15, -0.1) is 23.3 Å². The second-order valence-corrected chi connectivity index (χ2v) is 6.69. The van der Waals surface area contributed by atoms with Gasteiger partial charge in [0.25, 0.3) is 0 Å². The molecule has 0 bridgehead atoms. The van der Waals surface area contributed by atoms with Crippen LogP contribution in [0.5, 0.6) is 5.75 Å². The van der Waals surface area contributed by atoms with E-state index < -0.39 is 11.7 Å². The van der Waals surface area contributed by atoms with Crippen molar-refractivity contribution in [1.82, 2.24) is 0 Å². The topological polar surface area (TPSA) is 80.8 Å². The van der Waals surface area contributed by atoms with E-state index in [1.165, 1.54) is 37.3 Å². The van der Waals surface area contributed by atoms with Crippen LogP contribution in [-0.2, 0) is 9.59 Å². The van der Waals surface area contributed by atoms with Crippen molar-refractivity contribution in [2.24, 2.45) is 4.99 Å². The number of hydrogen-bond acceptors (Lipinski definition) is 4. The Kier molecular flexibility index (Phi) is 15.9. The first kappa shape index (κ1) is 31.6. The van der Waals surface area contributed by atoms with Crippen LogP contribution in [0.15, 0.2) is 89.6 Å². The Bertz CT molecular complexity index is 1100. The van der Waals surface area contributed by atoms with E-state index >= 15 is 0 Å². The van der Waals surface area contributed by atoms with Gasteiger partial charge in [-0.1, -0.05) is 68.6 Å². The van der Waals surface area contributed by atoms with Crippen LogP contribution in [0, 0.1) is 11.9 Å². The van der Waals surface area contributed by atoms with E-state index in [0.29, 0.717) is 5.57 Å². The van der Waals surface area contributed by atoms with E-state index in [0.717, 1.165) is 18.2 Å². The van der Waals surface area contributed by atoms with E-state index in [-0.39, 0.29) is 79.7 Å². The molecular weight excluding hydrogens is 458 g/mol. The zero-order chi connectivity index (χ0) is 24.8. The fraction of sp³-hybridized carbons (Fsp3) is 0.148. The van der Waals surface area contributed by atoms with Crippen molar-refractivity contribution < 1.29 is 70.5 Å². The summed E-state index contributed by atoms with van der Waals surface area (Å²) in [6.07, 6.45) is 8.19. The minimum atomic E-state index is -0.736. The Morgan fingerprint density at radius 3 is 2.26 bits per heavy atom. The fourth-order valence-electron chi connectivity index (χ4n) is 2.55. The van der Waals surface area contributed by atoms with E-state index in [9.17, 15) is 19.1 Å². The summed E-state index contributed by atoms with van der Waals surface area (Å²) in [4.78, 5) is 27.5. The molecule has 0 aromatic heterocycles. The van der Waals surface area contributed by atoms with Crippen LogP contribution >= 0.6 is 0 Å². The van der Waals surface area contributed by atoms with E-state index in [2.05, 4.69) is 29.7 Å². The van der Waals surface area contributed by atoms with Gasteiger partial charge in [0.1, 0.15) is 5.82 Å². The normalized spacial score (nSPS) is 11.4. The van der Waals surface area contributed by atoms with E-state index in [1.807, 2.05) is 13.0 Å². The molecule has 0 aliphatic rings. The van der Waals surface area contributed by atoms with Gasteiger partial charge in [-0.2, -0.15) is 0 Å². The SMILES string of the molecule is C=C/C=C(/CC)N=C.CC(=O)C=[C-]/C(C(=O)[N-]c1ccccc1O)=C(\C)c1ccccc1F.[K+]. The van der Waals surface area contributed by atoms with Crippen molar-refractivity contribution in [2.45, 2.75) is 27.2 Å². The number of carbonyl (C=O) groups is 2. The number of aromatic hydroxyl groups is 1. The Labute approximate surface area is 243 Å². The maximum Gasteiger partial charge on any atom is 1.00 e. The third kappa shape index (κ3) is 10.7. The van der Waals surface area contributed by atoms with E-state index in [4.69, 9.17) is 0 Å². The number of nitrogens with zero attached hydrogens (tertiary/aromatic N) is 2. The molecule has 0 fully saturated rings. The van der Waals surface area contributed by atoms with Crippen molar-refractivity contribution in [2.75, 3.05) is 0 Å². The summed E-state index contributed by atoms with van der Waals surface area (Å²) in [5.41, 5.74) is 1.52. The second kappa shape index (κ2) is 17.1. The van der Waals surface area contributed by atoms with E-state index in [1.54, 1.807) is 31.2 Å². The molecule has 0 unspecified atom stereocenters. The van der Waals surface area contributed by atoms with Gasteiger partial charge in [0, 0.05) is 5.70 Å². The Hall–Kier alpha value is -2.42. The summed E-state index contributed by atoms with van der Waals surface area (Å²) in [6.45, 7) is 11.8. The van der Waals surface area contributed by atoms with Crippen LogP contribution in [0.2, 0.25) is 0 Å². The third-order valence-corrected chi connectivity index (χ3v) is 4.27. The molecule has 1 N–H and O–H groups in total. The number of halogens is 1. The monoisotopic (exact) mass is 485 g/mol. The molecule has 0 spiro atoms. The van der Waals surface area contributed by atoms with Gasteiger partial charge in [-0.05, 0) is 49.7 Å². The van der Waals surface area contributed by atoms with Crippen molar-refractivity contribution >= 4 is 29.7 Å². The summed E-state index contributed by atoms with van der Waals surface area (Å²) in [6, 6.07) is 12.1. The van der Waals surface area contributed by atoms with Gasteiger partial charge in [-0.3, -0.25) is 4.99 Å². The van der Waals surface area contributed by atoms with Gasteiger partial charge in [0.05, 0.1) is 11.5 Å². The third-order valence-electron chi connectivity index (χ3n) is 4.27. The van der Waals surface area contributed by atoms with Crippen molar-refractivity contribution in [3.05, 3.63) is 107 Å². The number of hydrogen-bond donors (Lipinski definition) is 1. The molecule has 0 radical (unpaired) electrons. The average Bonchev–Trinajstić information content (AvgIpc) is 2.79. The smallest absolute Gasteiger partial charge is 0.665 e. The molecule has 0 aliphatic carbocycles. The zero-order valence-electron chi connectivity index (χ0n) is 20.0. The Morgan fingerprint density at radius 2 is 1.76 bits per heavy atom. The number of amides is 1. The minimum Gasteiger partial charge on any atom is -0.665 e. The molecule has 5 nitrogen and oxygen atoms in total. The number of para-hydroxylation sites is 2. The number of phenols is 1. The molecular formula is C27H27FKN2O3-. The fourth-order valence-corrected chi connectivity index (χ4v) is 2.55. The quantitative estimate of drug-likeness (QED) is 0.204. The summed E-state index contributed by atoms with van der Waals surface area (Å²) >= 11 is 0. The summed E-state index contributed by atoms with van der Waals surface area (Å²) in [7, 11) is 0. The van der Waals surface area contributed by atoms with Gasteiger partial charge in [0.2, 0.25) is 0 Å². The molecule has 2 rings (SSSR count). The molecule has 0 saturated carbocycles. The number of aliphatic imine (C=N–C) groups is 1. The van der Waals surface area contributed by atoms with Crippen LogP contribution in [0.1, 0.15) is 32.8 Å². The number of carbonyl (C=O) groups excluding carboxylic acids is 2. The Morgan fingerprint density at radius 1 is 1.15 bits per heavy atom. The zero-order valence-corrected chi connectivity index (χ0v) is 23.1. The molecule has 172 valence electrons. The molecule has 0 atom stereocenters. The van der Waals surface area contributed by atoms with Gasteiger partial charge in [0.15, 0.2) is 0 Å². The molecule has 0 heterocycles. The first-order valence-corrected chi connectivity index (χ1v) is 10.1. The molecule has 2 aromatic carbocycles. The number of allylic oxidation sites excluding steroid dienone is 5. The van der Waals surface area contributed by atoms with Crippen LogP contribution in [0.3, 0.4) is 0 Å². The number of phenolic OH excluding ortho intramolecular Hbond substituents is 1. The molecule has 0 aliphatic heterocycles. The van der Waals surface area contributed by atoms with Crippen LogP contribution in [0.4, 0.5) is 10.1 Å². The molecule has 2 aromatic rings. The van der Waals surface area contributed by atoms with Crippen LogP contribution in [-0.4, -0.2) is 23.5 Å². The molecule has 7 heteroatoms. The van der Waals surface area contributed by atoms with Crippen molar-refractivity contribution in [3.63, 3.8) is 0 Å². The molecule has 34 heavy (non-hydrogen) atoms. The maximum absolute atomic E-state index is 14.0. The summed E-state index contributed by atoms with van der Waals surface area (Å²) in [5, 5.41) is 13.6. The standard InChI is InChI=1S/C20H17FNO3.C7H11N.K/c1-13(23)11-12-16(14(2)15-7-3-4-8-17(15)21)20(25)22-18-9-5-6-10-19(18)24;1-4-6-7(5-2)8-3;/h3-11H,1-2H3,(H2,22,24,25);4,6H,1,3,5H2,2H3;/q-1;;+1/p-1/b16-14-;7-6-;. The van der Waals surface area contributed by atoms with Gasteiger partial charge >= 0.3 is 51.4 Å².